The Kier molecular flexibility index (Phi) is 5.76. The number of hydrogen-bond donors (Lipinski definition) is 2. The molecule has 6 heteroatoms. The van der Waals surface area contributed by atoms with Crippen LogP contribution in [0.2, 0.25) is 0 Å². The minimum atomic E-state index is -0.234. The van der Waals surface area contributed by atoms with Gasteiger partial charge in [0.05, 0.1) is 11.9 Å². The van der Waals surface area contributed by atoms with Gasteiger partial charge >= 0.3 is 0 Å². The van der Waals surface area contributed by atoms with Gasteiger partial charge in [-0.3, -0.25) is 5.43 Å². The number of aromatic nitrogens is 1. The molecule has 0 spiro atoms. The molecule has 0 saturated heterocycles. The van der Waals surface area contributed by atoms with E-state index >= 15 is 0 Å². The van der Waals surface area contributed by atoms with Crippen LogP contribution in [0.1, 0.15) is 16.8 Å². The van der Waals surface area contributed by atoms with Crippen molar-refractivity contribution >= 4 is 29.2 Å². The third-order valence-electron chi connectivity index (χ3n) is 3.89. The zero-order chi connectivity index (χ0) is 18.4. The van der Waals surface area contributed by atoms with Gasteiger partial charge in [-0.1, -0.05) is 30.3 Å². The first-order valence-corrected chi connectivity index (χ1v) is 8.58. The van der Waals surface area contributed by atoms with Gasteiger partial charge in [0, 0.05) is 18.4 Å². The van der Waals surface area contributed by atoms with E-state index in [0.29, 0.717) is 11.7 Å². The molecule has 0 aliphatic rings. The molecule has 1 heterocycles. The molecule has 0 aliphatic carbocycles. The molecule has 0 saturated carbocycles. The lowest BCUT2D eigenvalue weighted by Gasteiger charge is -2.09. The summed E-state index contributed by atoms with van der Waals surface area (Å²) in [7, 11) is 0. The van der Waals surface area contributed by atoms with Crippen LogP contribution in [0.25, 0.3) is 0 Å². The molecule has 4 nitrogen and oxygen atoms in total. The second-order valence-electron chi connectivity index (χ2n) is 5.83. The summed E-state index contributed by atoms with van der Waals surface area (Å²) in [5, 5.41) is 7.73. The predicted molar refractivity (Wildman–Crippen MR) is 108 cm³/mol. The van der Waals surface area contributed by atoms with Crippen molar-refractivity contribution in [2.75, 3.05) is 5.32 Å². The summed E-state index contributed by atoms with van der Waals surface area (Å²) in [4.78, 5) is 0. The standard InChI is InChI=1S/C20H19FN4S/c1-15-5-2-3-7-19(15)23-20(26)24-22-13-18-6-4-12-25(18)14-16-8-10-17(21)11-9-16/h2-13H,14H2,1H3,(H2,23,24,26)/b22-13-. The van der Waals surface area contributed by atoms with Crippen LogP contribution in [0.15, 0.2) is 72.0 Å². The van der Waals surface area contributed by atoms with Gasteiger partial charge in [-0.15, -0.1) is 0 Å². The first kappa shape index (κ1) is 17.8. The number of hydrazone groups is 1. The lowest BCUT2D eigenvalue weighted by molar-refractivity contribution is 0.626. The van der Waals surface area contributed by atoms with E-state index in [4.69, 9.17) is 12.2 Å². The summed E-state index contributed by atoms with van der Waals surface area (Å²) in [6.45, 7) is 2.65. The molecule has 1 aromatic heterocycles. The highest BCUT2D eigenvalue weighted by Gasteiger charge is 2.01. The van der Waals surface area contributed by atoms with E-state index in [1.54, 1.807) is 18.3 Å². The summed E-state index contributed by atoms with van der Waals surface area (Å²) in [6.07, 6.45) is 3.66. The molecule has 0 atom stereocenters. The van der Waals surface area contributed by atoms with Crippen molar-refractivity contribution in [3.05, 3.63) is 89.5 Å². The van der Waals surface area contributed by atoms with E-state index in [-0.39, 0.29) is 5.82 Å². The summed E-state index contributed by atoms with van der Waals surface area (Å²) in [5.74, 6) is -0.234. The number of anilines is 1. The molecule has 0 unspecified atom stereocenters. The van der Waals surface area contributed by atoms with Crippen molar-refractivity contribution in [2.45, 2.75) is 13.5 Å². The minimum Gasteiger partial charge on any atom is -0.342 e. The molecule has 3 aromatic rings. The number of hydrogen-bond acceptors (Lipinski definition) is 2. The Labute approximate surface area is 157 Å². The number of nitrogens with zero attached hydrogens (tertiary/aromatic N) is 2. The number of halogens is 1. The fraction of sp³-hybridized carbons (Fsp3) is 0.100. The Balaban J connectivity index is 1.59. The number of thiocarbonyl (C=S) groups is 1. The molecule has 0 bridgehead atoms. The molecule has 0 radical (unpaired) electrons. The van der Waals surface area contributed by atoms with Crippen molar-refractivity contribution in [2.24, 2.45) is 5.10 Å². The van der Waals surface area contributed by atoms with Gasteiger partial charge in [0.25, 0.3) is 0 Å². The highest BCUT2D eigenvalue weighted by molar-refractivity contribution is 7.80. The van der Waals surface area contributed by atoms with Crippen molar-refractivity contribution in [3.63, 3.8) is 0 Å². The third-order valence-corrected chi connectivity index (χ3v) is 4.08. The van der Waals surface area contributed by atoms with E-state index in [2.05, 4.69) is 15.8 Å². The second-order valence-corrected chi connectivity index (χ2v) is 6.23. The molecule has 0 fully saturated rings. The summed E-state index contributed by atoms with van der Waals surface area (Å²) < 4.78 is 15.0. The normalized spacial score (nSPS) is 10.8. The molecule has 26 heavy (non-hydrogen) atoms. The van der Waals surface area contributed by atoms with Crippen LogP contribution in [0.4, 0.5) is 10.1 Å². The van der Waals surface area contributed by atoms with E-state index in [1.807, 2.05) is 54.1 Å². The second kappa shape index (κ2) is 8.40. The van der Waals surface area contributed by atoms with Gasteiger partial charge in [-0.05, 0) is 60.6 Å². The highest BCUT2D eigenvalue weighted by Crippen LogP contribution is 2.12. The quantitative estimate of drug-likeness (QED) is 0.402. The van der Waals surface area contributed by atoms with Crippen LogP contribution in [0.5, 0.6) is 0 Å². The van der Waals surface area contributed by atoms with Crippen LogP contribution in [0.3, 0.4) is 0 Å². The third kappa shape index (κ3) is 4.77. The van der Waals surface area contributed by atoms with Gasteiger partial charge in [-0.2, -0.15) is 5.10 Å². The van der Waals surface area contributed by atoms with E-state index < -0.39 is 0 Å². The molecular weight excluding hydrogens is 347 g/mol. The molecule has 2 N–H and O–H groups in total. The number of nitrogens with one attached hydrogen (secondary N) is 2. The summed E-state index contributed by atoms with van der Waals surface area (Å²) in [6, 6.07) is 18.3. The molecule has 3 rings (SSSR count). The Bertz CT molecular complexity index is 916. The molecule has 132 valence electrons. The van der Waals surface area contributed by atoms with Crippen LogP contribution in [-0.4, -0.2) is 15.9 Å². The van der Waals surface area contributed by atoms with Gasteiger partial charge in [0.1, 0.15) is 5.82 Å². The Morgan fingerprint density at radius 3 is 2.65 bits per heavy atom. The highest BCUT2D eigenvalue weighted by atomic mass is 32.1. The van der Waals surface area contributed by atoms with Gasteiger partial charge in [0.15, 0.2) is 5.11 Å². The van der Waals surface area contributed by atoms with Crippen molar-refractivity contribution in [1.29, 1.82) is 0 Å². The Morgan fingerprint density at radius 2 is 1.88 bits per heavy atom. The average Bonchev–Trinajstić information content (AvgIpc) is 3.06. The first-order chi connectivity index (χ1) is 12.6. The summed E-state index contributed by atoms with van der Waals surface area (Å²) >= 11 is 5.26. The zero-order valence-corrected chi connectivity index (χ0v) is 15.1. The molecular formula is C20H19FN4S. The predicted octanol–water partition coefficient (Wildman–Crippen LogP) is 4.30. The number of rotatable bonds is 5. The van der Waals surface area contributed by atoms with Crippen LogP contribution in [-0.2, 0) is 6.54 Å². The number of para-hydroxylation sites is 1. The van der Waals surface area contributed by atoms with E-state index in [9.17, 15) is 4.39 Å². The fourth-order valence-electron chi connectivity index (χ4n) is 2.50. The smallest absolute Gasteiger partial charge is 0.191 e. The molecule has 0 amide bonds. The lowest BCUT2D eigenvalue weighted by atomic mass is 10.2. The van der Waals surface area contributed by atoms with Crippen LogP contribution in [0, 0.1) is 12.7 Å². The lowest BCUT2D eigenvalue weighted by Crippen LogP contribution is -2.24. The molecule has 2 aromatic carbocycles. The zero-order valence-electron chi connectivity index (χ0n) is 14.3. The van der Waals surface area contributed by atoms with E-state index in [0.717, 1.165) is 22.5 Å². The number of benzene rings is 2. The minimum absolute atomic E-state index is 0.234. The molecule has 0 aliphatic heterocycles. The SMILES string of the molecule is Cc1ccccc1NC(=S)N/N=C\c1cccn1Cc1ccc(F)cc1. The number of aryl methyl sites for hydroxylation is 1. The Hall–Kier alpha value is -2.99. The maximum atomic E-state index is 13.0. The van der Waals surface area contributed by atoms with Crippen LogP contribution >= 0.6 is 12.2 Å². The van der Waals surface area contributed by atoms with Crippen LogP contribution < -0.4 is 10.7 Å². The van der Waals surface area contributed by atoms with E-state index in [1.165, 1.54) is 12.1 Å². The van der Waals surface area contributed by atoms with Gasteiger partial charge in [0.2, 0.25) is 0 Å². The first-order valence-electron chi connectivity index (χ1n) is 8.17. The van der Waals surface area contributed by atoms with Gasteiger partial charge in [-0.25, -0.2) is 4.39 Å². The largest absolute Gasteiger partial charge is 0.342 e. The van der Waals surface area contributed by atoms with Crippen molar-refractivity contribution in [3.8, 4) is 0 Å². The Morgan fingerprint density at radius 1 is 1.12 bits per heavy atom. The van der Waals surface area contributed by atoms with Gasteiger partial charge < -0.3 is 9.88 Å². The van der Waals surface area contributed by atoms with Crippen molar-refractivity contribution < 1.29 is 4.39 Å². The average molecular weight is 366 g/mol. The topological polar surface area (TPSA) is 41.4 Å². The summed E-state index contributed by atoms with van der Waals surface area (Å²) in [5.41, 5.74) is 6.80. The monoisotopic (exact) mass is 366 g/mol. The maximum Gasteiger partial charge on any atom is 0.191 e. The van der Waals surface area contributed by atoms with Crippen molar-refractivity contribution in [1.82, 2.24) is 9.99 Å². The fourth-order valence-corrected chi connectivity index (χ4v) is 2.66. The maximum absolute atomic E-state index is 13.0.